The Bertz CT molecular complexity index is 625. The summed E-state index contributed by atoms with van der Waals surface area (Å²) in [5.41, 5.74) is 2.22. The van der Waals surface area contributed by atoms with Crippen molar-refractivity contribution in [2.75, 3.05) is 0 Å². The Morgan fingerprint density at radius 1 is 1.47 bits per heavy atom. The number of rotatable bonds is 2. The Balaban J connectivity index is 2.12. The van der Waals surface area contributed by atoms with E-state index in [0.29, 0.717) is 10.7 Å². The van der Waals surface area contributed by atoms with Gasteiger partial charge in [0.25, 0.3) is 0 Å². The van der Waals surface area contributed by atoms with Crippen molar-refractivity contribution in [3.05, 3.63) is 39.4 Å². The third-order valence-electron chi connectivity index (χ3n) is 3.10. The van der Waals surface area contributed by atoms with Crippen LogP contribution in [0.3, 0.4) is 0 Å². The van der Waals surface area contributed by atoms with Crippen LogP contribution in [0.1, 0.15) is 30.1 Å². The molecular weight excluding hydrogens is 254 g/mol. The molecule has 0 spiro atoms. The minimum Gasteiger partial charge on any atom is -0.271 e. The number of hydrogen-bond acceptors (Lipinski definition) is 2. The van der Waals surface area contributed by atoms with Crippen molar-refractivity contribution in [1.82, 2.24) is 14.8 Å². The molecule has 0 saturated heterocycles. The largest absolute Gasteiger partial charge is 0.271 e. The Hall–Kier alpha value is -1.13. The molecule has 5 heteroatoms. The van der Waals surface area contributed by atoms with Gasteiger partial charge in [-0.05, 0) is 55.6 Å². The fraction of sp³-hybridized carbons (Fsp3) is 0.333. The van der Waals surface area contributed by atoms with Crippen molar-refractivity contribution in [3.8, 4) is 5.69 Å². The normalized spacial score (nSPS) is 15.2. The lowest BCUT2D eigenvalue weighted by Gasteiger charge is -2.08. The molecule has 1 aliphatic rings. The fourth-order valence-electron chi connectivity index (χ4n) is 2.03. The highest BCUT2D eigenvalue weighted by molar-refractivity contribution is 7.71. The van der Waals surface area contributed by atoms with Crippen LogP contribution in [0.2, 0.25) is 5.02 Å². The van der Waals surface area contributed by atoms with E-state index < -0.39 is 0 Å². The molecule has 1 N–H and O–H groups in total. The summed E-state index contributed by atoms with van der Waals surface area (Å²) in [5.74, 6) is 1.52. The summed E-state index contributed by atoms with van der Waals surface area (Å²) < 4.78 is 2.43. The molecule has 2 aromatic rings. The molecule has 0 atom stereocenters. The summed E-state index contributed by atoms with van der Waals surface area (Å²) >= 11 is 11.5. The zero-order valence-electron chi connectivity index (χ0n) is 9.40. The van der Waals surface area contributed by atoms with Crippen LogP contribution in [0, 0.1) is 11.7 Å². The molecular formula is C12H12ClN3S. The van der Waals surface area contributed by atoms with Crippen molar-refractivity contribution in [1.29, 1.82) is 0 Å². The van der Waals surface area contributed by atoms with E-state index in [2.05, 4.69) is 16.3 Å². The average Bonchev–Trinajstić information content (AvgIpc) is 3.08. The van der Waals surface area contributed by atoms with Crippen LogP contribution in [0.5, 0.6) is 0 Å². The van der Waals surface area contributed by atoms with Crippen LogP contribution in [-0.2, 0) is 0 Å². The minimum atomic E-state index is 0.573. The quantitative estimate of drug-likeness (QED) is 0.839. The van der Waals surface area contributed by atoms with E-state index in [1.807, 2.05) is 23.6 Å². The van der Waals surface area contributed by atoms with Gasteiger partial charge in [-0.2, -0.15) is 5.10 Å². The average molecular weight is 266 g/mol. The molecule has 0 radical (unpaired) electrons. The van der Waals surface area contributed by atoms with Gasteiger partial charge in [0.2, 0.25) is 0 Å². The molecule has 3 nitrogen and oxygen atoms in total. The lowest BCUT2D eigenvalue weighted by molar-refractivity contribution is 0.960. The molecule has 1 heterocycles. The Kier molecular flexibility index (Phi) is 2.56. The van der Waals surface area contributed by atoms with Gasteiger partial charge in [0.1, 0.15) is 5.82 Å². The SMILES string of the molecule is Cc1n[nH]c(=S)n1-c1ccc(C2CC2)cc1Cl. The zero-order chi connectivity index (χ0) is 12.0. The van der Waals surface area contributed by atoms with E-state index in [9.17, 15) is 0 Å². The Labute approximate surface area is 109 Å². The Morgan fingerprint density at radius 3 is 2.76 bits per heavy atom. The first-order chi connectivity index (χ1) is 8.16. The van der Waals surface area contributed by atoms with Gasteiger partial charge in [-0.3, -0.25) is 9.67 Å². The topological polar surface area (TPSA) is 33.6 Å². The number of halogens is 1. The van der Waals surface area contributed by atoms with Crippen molar-refractivity contribution >= 4 is 23.8 Å². The smallest absolute Gasteiger partial charge is 0.199 e. The van der Waals surface area contributed by atoms with Crippen molar-refractivity contribution in [3.63, 3.8) is 0 Å². The van der Waals surface area contributed by atoms with Crippen molar-refractivity contribution in [2.24, 2.45) is 0 Å². The number of benzene rings is 1. The zero-order valence-corrected chi connectivity index (χ0v) is 11.0. The molecule has 0 unspecified atom stereocenters. The molecule has 17 heavy (non-hydrogen) atoms. The molecule has 0 aliphatic heterocycles. The van der Waals surface area contributed by atoms with Gasteiger partial charge in [-0.25, -0.2) is 0 Å². The van der Waals surface area contributed by atoms with Crippen LogP contribution in [0.4, 0.5) is 0 Å². The number of hydrogen-bond donors (Lipinski definition) is 1. The van der Waals surface area contributed by atoms with E-state index >= 15 is 0 Å². The monoisotopic (exact) mass is 265 g/mol. The third kappa shape index (κ3) is 1.91. The van der Waals surface area contributed by atoms with Gasteiger partial charge in [0.15, 0.2) is 4.77 Å². The van der Waals surface area contributed by atoms with E-state index in [4.69, 9.17) is 23.8 Å². The maximum atomic E-state index is 6.33. The predicted octanol–water partition coefficient (Wildman–Crippen LogP) is 3.77. The van der Waals surface area contributed by atoms with Crippen LogP contribution in [0.25, 0.3) is 5.69 Å². The first kappa shape index (κ1) is 11.0. The first-order valence-corrected chi connectivity index (χ1v) is 6.39. The Morgan fingerprint density at radius 2 is 2.24 bits per heavy atom. The molecule has 1 aliphatic carbocycles. The highest BCUT2D eigenvalue weighted by Gasteiger charge is 2.24. The lowest BCUT2D eigenvalue weighted by atomic mass is 10.1. The molecule has 0 amide bonds. The van der Waals surface area contributed by atoms with Gasteiger partial charge in [-0.1, -0.05) is 17.7 Å². The number of aromatic amines is 1. The number of aromatic nitrogens is 3. The van der Waals surface area contributed by atoms with E-state index in [-0.39, 0.29) is 0 Å². The summed E-state index contributed by atoms with van der Waals surface area (Å²) in [7, 11) is 0. The second-order valence-electron chi connectivity index (χ2n) is 4.40. The van der Waals surface area contributed by atoms with Crippen molar-refractivity contribution in [2.45, 2.75) is 25.7 Å². The third-order valence-corrected chi connectivity index (χ3v) is 3.68. The van der Waals surface area contributed by atoms with Crippen LogP contribution < -0.4 is 0 Å². The summed E-state index contributed by atoms with van der Waals surface area (Å²) in [6, 6.07) is 6.20. The number of H-pyrrole nitrogens is 1. The van der Waals surface area contributed by atoms with Crippen LogP contribution in [0.15, 0.2) is 18.2 Å². The maximum absolute atomic E-state index is 6.33. The first-order valence-electron chi connectivity index (χ1n) is 5.60. The van der Waals surface area contributed by atoms with Crippen LogP contribution in [-0.4, -0.2) is 14.8 Å². The molecule has 1 saturated carbocycles. The van der Waals surface area contributed by atoms with Crippen molar-refractivity contribution < 1.29 is 0 Å². The number of aryl methyl sites for hydroxylation is 1. The molecule has 1 fully saturated rings. The lowest BCUT2D eigenvalue weighted by Crippen LogP contribution is -1.98. The van der Waals surface area contributed by atoms with Gasteiger partial charge < -0.3 is 0 Å². The summed E-state index contributed by atoms with van der Waals surface area (Å²) in [6.45, 7) is 1.90. The summed E-state index contributed by atoms with van der Waals surface area (Å²) in [4.78, 5) is 0. The molecule has 1 aromatic heterocycles. The fourth-order valence-corrected chi connectivity index (χ4v) is 2.58. The van der Waals surface area contributed by atoms with E-state index in [1.165, 1.54) is 18.4 Å². The minimum absolute atomic E-state index is 0.573. The van der Waals surface area contributed by atoms with Gasteiger partial charge in [-0.15, -0.1) is 0 Å². The van der Waals surface area contributed by atoms with Gasteiger partial charge in [0, 0.05) is 0 Å². The second-order valence-corrected chi connectivity index (χ2v) is 5.19. The van der Waals surface area contributed by atoms with Gasteiger partial charge >= 0.3 is 0 Å². The number of nitrogens with zero attached hydrogens (tertiary/aromatic N) is 2. The summed E-state index contributed by atoms with van der Waals surface area (Å²) in [5, 5.41) is 7.59. The highest BCUT2D eigenvalue weighted by atomic mass is 35.5. The molecule has 1 aromatic carbocycles. The molecule has 88 valence electrons. The van der Waals surface area contributed by atoms with Crippen LogP contribution >= 0.6 is 23.8 Å². The second kappa shape index (κ2) is 3.96. The maximum Gasteiger partial charge on any atom is 0.199 e. The molecule has 3 rings (SSSR count). The van der Waals surface area contributed by atoms with E-state index in [0.717, 1.165) is 16.5 Å². The highest BCUT2D eigenvalue weighted by Crippen LogP contribution is 2.41. The molecule has 0 bridgehead atoms. The standard InChI is InChI=1S/C12H12ClN3S/c1-7-14-15-12(17)16(7)11-5-4-9(6-10(11)13)8-2-3-8/h4-6,8H,2-3H2,1H3,(H,15,17). The van der Waals surface area contributed by atoms with Gasteiger partial charge in [0.05, 0.1) is 10.7 Å². The summed E-state index contributed by atoms with van der Waals surface area (Å²) in [6.07, 6.45) is 2.56. The predicted molar refractivity (Wildman–Crippen MR) is 70.5 cm³/mol. The number of nitrogens with one attached hydrogen (secondary N) is 1. The van der Waals surface area contributed by atoms with E-state index in [1.54, 1.807) is 0 Å².